The number of aromatic nitrogens is 1. The van der Waals surface area contributed by atoms with Crippen molar-refractivity contribution in [3.05, 3.63) is 9.48 Å². The summed E-state index contributed by atoms with van der Waals surface area (Å²) in [6, 6.07) is -1.15. The zero-order chi connectivity index (χ0) is 14.8. The first kappa shape index (κ1) is 16.5. The molecule has 0 aliphatic heterocycles. The van der Waals surface area contributed by atoms with Crippen molar-refractivity contribution in [3.8, 4) is 0 Å². The minimum absolute atomic E-state index is 0.0635. The highest BCUT2D eigenvalue weighted by Crippen LogP contribution is 2.27. The van der Waals surface area contributed by atoms with Gasteiger partial charge in [-0.3, -0.25) is 4.79 Å². The van der Waals surface area contributed by atoms with Crippen LogP contribution >= 0.6 is 27.3 Å². The topological polar surface area (TPSA) is 96.4 Å². The molecule has 0 unspecified atom stereocenters. The van der Waals surface area contributed by atoms with Crippen molar-refractivity contribution in [1.82, 2.24) is 9.71 Å². The van der Waals surface area contributed by atoms with Crippen LogP contribution in [-0.2, 0) is 14.8 Å². The Morgan fingerprint density at radius 2 is 2.11 bits per heavy atom. The second-order valence-electron chi connectivity index (χ2n) is 4.48. The zero-order valence-corrected chi connectivity index (χ0v) is 13.9. The zero-order valence-electron chi connectivity index (χ0n) is 10.7. The van der Waals surface area contributed by atoms with E-state index in [1.807, 2.05) is 13.8 Å². The molecule has 0 spiro atoms. The number of aryl methyl sites for hydroxylation is 1. The van der Waals surface area contributed by atoms with Crippen molar-refractivity contribution in [2.75, 3.05) is 0 Å². The predicted molar refractivity (Wildman–Crippen MR) is 75.8 cm³/mol. The van der Waals surface area contributed by atoms with Crippen LogP contribution in [0.3, 0.4) is 0 Å². The van der Waals surface area contributed by atoms with Gasteiger partial charge in [-0.2, -0.15) is 4.72 Å². The summed E-state index contributed by atoms with van der Waals surface area (Å²) in [5.41, 5.74) is 0.557. The van der Waals surface area contributed by atoms with Crippen LogP contribution in [0.5, 0.6) is 0 Å². The molecule has 108 valence electrons. The van der Waals surface area contributed by atoms with E-state index in [9.17, 15) is 13.2 Å². The molecule has 1 rings (SSSR count). The number of carboxylic acids is 1. The molecule has 0 aliphatic carbocycles. The van der Waals surface area contributed by atoms with Gasteiger partial charge in [-0.1, -0.05) is 25.2 Å². The van der Waals surface area contributed by atoms with Gasteiger partial charge in [-0.25, -0.2) is 13.4 Å². The molecule has 9 heteroatoms. The lowest BCUT2D eigenvalue weighted by Gasteiger charge is -2.15. The number of thiazole rings is 1. The van der Waals surface area contributed by atoms with Gasteiger partial charge in [0.05, 0.1) is 9.48 Å². The normalized spacial score (nSPS) is 13.7. The molecule has 1 heterocycles. The molecule has 6 nitrogen and oxygen atoms in total. The van der Waals surface area contributed by atoms with Crippen LogP contribution in [0.25, 0.3) is 0 Å². The van der Waals surface area contributed by atoms with E-state index in [2.05, 4.69) is 25.6 Å². The molecule has 2 N–H and O–H groups in total. The summed E-state index contributed by atoms with van der Waals surface area (Å²) in [5.74, 6) is -1.13. The van der Waals surface area contributed by atoms with Crippen LogP contribution in [0.15, 0.2) is 8.13 Å². The Morgan fingerprint density at radius 3 is 2.47 bits per heavy atom. The number of nitrogens with zero attached hydrogens (tertiary/aromatic N) is 1. The van der Waals surface area contributed by atoms with Gasteiger partial charge in [0.15, 0.2) is 0 Å². The highest BCUT2D eigenvalue weighted by Gasteiger charge is 2.28. The number of sulfonamides is 1. The number of rotatable bonds is 6. The molecule has 1 aromatic heterocycles. The Labute approximate surface area is 124 Å². The second kappa shape index (κ2) is 6.29. The van der Waals surface area contributed by atoms with Gasteiger partial charge in [0.25, 0.3) is 10.0 Å². The fourth-order valence-corrected chi connectivity index (χ4v) is 4.54. The van der Waals surface area contributed by atoms with Crippen LogP contribution < -0.4 is 4.72 Å². The number of aliphatic carboxylic acids is 1. The van der Waals surface area contributed by atoms with E-state index in [0.29, 0.717) is 9.48 Å². The fourth-order valence-electron chi connectivity index (χ4n) is 1.38. The minimum Gasteiger partial charge on any atom is -0.480 e. The lowest BCUT2D eigenvalue weighted by Crippen LogP contribution is -2.41. The third kappa shape index (κ3) is 4.51. The van der Waals surface area contributed by atoms with Gasteiger partial charge in [0.1, 0.15) is 6.04 Å². The summed E-state index contributed by atoms with van der Waals surface area (Å²) in [6.07, 6.45) is 0.222. The third-order valence-corrected chi connectivity index (χ3v) is 6.11. The van der Waals surface area contributed by atoms with E-state index >= 15 is 0 Å². The van der Waals surface area contributed by atoms with Gasteiger partial charge >= 0.3 is 5.97 Å². The molecule has 0 radical (unpaired) electrons. The van der Waals surface area contributed by atoms with Crippen molar-refractivity contribution in [3.63, 3.8) is 0 Å². The van der Waals surface area contributed by atoms with Gasteiger partial charge in [-0.15, -0.1) is 0 Å². The Bertz CT molecular complexity index is 549. The summed E-state index contributed by atoms with van der Waals surface area (Å²) in [4.78, 5) is 15.0. The molecule has 19 heavy (non-hydrogen) atoms. The van der Waals surface area contributed by atoms with Crippen LogP contribution in [0.2, 0.25) is 0 Å². The highest BCUT2D eigenvalue weighted by atomic mass is 79.9. The van der Waals surface area contributed by atoms with E-state index in [0.717, 1.165) is 11.3 Å². The molecule has 0 saturated carbocycles. The molecule has 0 fully saturated rings. The molecular weight excluding hydrogens is 356 g/mol. The second-order valence-corrected chi connectivity index (χ2v) is 8.69. The average Bonchev–Trinajstić information content (AvgIpc) is 2.58. The van der Waals surface area contributed by atoms with Crippen molar-refractivity contribution in [2.24, 2.45) is 5.92 Å². The summed E-state index contributed by atoms with van der Waals surface area (Å²) in [6.45, 7) is 5.32. The number of nitrogens with one attached hydrogen (secondary N) is 1. The van der Waals surface area contributed by atoms with Gasteiger partial charge in [0, 0.05) is 0 Å². The number of carbonyl (C=O) groups is 1. The van der Waals surface area contributed by atoms with Crippen molar-refractivity contribution < 1.29 is 18.3 Å². The van der Waals surface area contributed by atoms with Gasteiger partial charge in [-0.05, 0) is 35.2 Å². The van der Waals surface area contributed by atoms with E-state index in [1.165, 1.54) is 0 Å². The SMILES string of the molecule is Cc1nc(S(=O)(=O)N[C@@H](CC(C)C)C(=O)O)sc1Br. The van der Waals surface area contributed by atoms with Gasteiger partial charge < -0.3 is 5.11 Å². The lowest BCUT2D eigenvalue weighted by atomic mass is 10.1. The monoisotopic (exact) mass is 370 g/mol. The largest absolute Gasteiger partial charge is 0.480 e. The molecule has 0 bridgehead atoms. The quantitative estimate of drug-likeness (QED) is 0.797. The molecular formula is C10H15BrN2O4S2. The standard InChI is InChI=1S/C10H15BrN2O4S2/c1-5(2)4-7(9(14)15)13-19(16,17)10-12-6(3)8(11)18-10/h5,7,13H,4H2,1-3H3,(H,14,15)/t7-/m0/s1. The summed E-state index contributed by atoms with van der Waals surface area (Å²) >= 11 is 4.15. The van der Waals surface area contributed by atoms with Crippen molar-refractivity contribution in [2.45, 2.75) is 37.6 Å². The molecule has 0 saturated heterocycles. The van der Waals surface area contributed by atoms with Gasteiger partial charge in [0.2, 0.25) is 4.34 Å². The number of carboxylic acid groups (broad SMARTS) is 1. The van der Waals surface area contributed by atoms with Crippen molar-refractivity contribution in [1.29, 1.82) is 0 Å². The first-order chi connectivity index (χ1) is 8.63. The summed E-state index contributed by atoms with van der Waals surface area (Å²) < 4.78 is 26.8. The van der Waals surface area contributed by atoms with Crippen LogP contribution in [0, 0.1) is 12.8 Å². The van der Waals surface area contributed by atoms with Crippen molar-refractivity contribution >= 4 is 43.3 Å². The molecule has 1 atom stereocenters. The first-order valence-corrected chi connectivity index (χ1v) is 8.60. The molecule has 0 amide bonds. The minimum atomic E-state index is -3.91. The third-order valence-electron chi connectivity index (χ3n) is 2.25. The lowest BCUT2D eigenvalue weighted by molar-refractivity contribution is -0.139. The highest BCUT2D eigenvalue weighted by molar-refractivity contribution is 9.11. The van der Waals surface area contributed by atoms with E-state index < -0.39 is 22.0 Å². The Hall–Kier alpha value is -0.510. The summed E-state index contributed by atoms with van der Waals surface area (Å²) in [5, 5.41) is 9.04. The Kier molecular flexibility index (Phi) is 5.48. The average molecular weight is 371 g/mol. The molecule has 0 aromatic carbocycles. The maximum atomic E-state index is 12.0. The summed E-state index contributed by atoms with van der Waals surface area (Å²) in [7, 11) is -3.91. The van der Waals surface area contributed by atoms with Crippen LogP contribution in [0.4, 0.5) is 0 Å². The number of hydrogen-bond donors (Lipinski definition) is 2. The van der Waals surface area contributed by atoms with E-state index in [1.54, 1.807) is 6.92 Å². The molecule has 1 aromatic rings. The van der Waals surface area contributed by atoms with Crippen LogP contribution in [0.1, 0.15) is 26.0 Å². The Balaban J connectivity index is 2.97. The number of hydrogen-bond acceptors (Lipinski definition) is 5. The first-order valence-electron chi connectivity index (χ1n) is 5.51. The number of halogens is 1. The maximum absolute atomic E-state index is 12.0. The van der Waals surface area contributed by atoms with E-state index in [4.69, 9.17) is 5.11 Å². The smallest absolute Gasteiger partial charge is 0.321 e. The molecule has 0 aliphatic rings. The van der Waals surface area contributed by atoms with E-state index in [-0.39, 0.29) is 16.7 Å². The van der Waals surface area contributed by atoms with Crippen LogP contribution in [-0.4, -0.2) is 30.5 Å². The maximum Gasteiger partial charge on any atom is 0.321 e. The Morgan fingerprint density at radius 1 is 1.53 bits per heavy atom. The fraction of sp³-hybridized carbons (Fsp3) is 0.600. The predicted octanol–water partition coefficient (Wildman–Crippen LogP) is 1.99.